The van der Waals surface area contributed by atoms with Gasteiger partial charge in [-0.25, -0.2) is 4.98 Å². The minimum atomic E-state index is 0.882. The van der Waals surface area contributed by atoms with Gasteiger partial charge in [-0.3, -0.25) is 4.90 Å². The molecule has 0 aliphatic carbocycles. The van der Waals surface area contributed by atoms with Gasteiger partial charge in [-0.15, -0.1) is 5.92 Å². The molecule has 0 radical (unpaired) electrons. The molecule has 0 saturated carbocycles. The van der Waals surface area contributed by atoms with Crippen LogP contribution in [0.5, 0.6) is 0 Å². The van der Waals surface area contributed by atoms with E-state index in [0.29, 0.717) is 0 Å². The van der Waals surface area contributed by atoms with E-state index in [0.717, 1.165) is 57.6 Å². The van der Waals surface area contributed by atoms with Gasteiger partial charge in [0.1, 0.15) is 5.82 Å². The van der Waals surface area contributed by atoms with Gasteiger partial charge >= 0.3 is 0 Å². The van der Waals surface area contributed by atoms with E-state index in [-0.39, 0.29) is 0 Å². The maximum atomic E-state index is 4.76. The van der Waals surface area contributed by atoms with Crippen molar-refractivity contribution in [3.8, 4) is 11.8 Å². The zero-order valence-corrected chi connectivity index (χ0v) is 12.8. The quantitative estimate of drug-likeness (QED) is 0.780. The second-order valence-corrected chi connectivity index (χ2v) is 5.60. The summed E-state index contributed by atoms with van der Waals surface area (Å²) in [4.78, 5) is 16.2. The Morgan fingerprint density at radius 2 is 1.81 bits per heavy atom. The lowest BCUT2D eigenvalue weighted by molar-refractivity contribution is 0.287. The molecule has 112 valence electrons. The molecule has 3 rings (SSSR count). The molecule has 0 amide bonds. The summed E-state index contributed by atoms with van der Waals surface area (Å²) in [5, 5.41) is 0. The summed E-state index contributed by atoms with van der Waals surface area (Å²) in [6.45, 7) is 9.10. The molecule has 0 atom stereocenters. The molecule has 0 bridgehead atoms. The fourth-order valence-corrected chi connectivity index (χ4v) is 2.91. The Bertz CT molecular complexity index is 519. The lowest BCUT2D eigenvalue weighted by Crippen LogP contribution is -2.46. The van der Waals surface area contributed by atoms with E-state index in [9.17, 15) is 0 Å². The van der Waals surface area contributed by atoms with Gasteiger partial charge in [0.25, 0.3) is 0 Å². The molecule has 2 aliphatic rings. The van der Waals surface area contributed by atoms with Crippen molar-refractivity contribution in [2.45, 2.75) is 19.8 Å². The Labute approximate surface area is 127 Å². The van der Waals surface area contributed by atoms with E-state index in [1.165, 1.54) is 12.8 Å². The van der Waals surface area contributed by atoms with Gasteiger partial charge in [-0.2, -0.15) is 4.98 Å². The number of aromatic nitrogens is 2. The Morgan fingerprint density at radius 1 is 1.05 bits per heavy atom. The number of anilines is 2. The highest BCUT2D eigenvalue weighted by Crippen LogP contribution is 2.19. The minimum Gasteiger partial charge on any atom is -0.354 e. The van der Waals surface area contributed by atoms with Crippen LogP contribution in [-0.4, -0.2) is 60.7 Å². The van der Waals surface area contributed by atoms with E-state index < -0.39 is 0 Å². The van der Waals surface area contributed by atoms with E-state index in [4.69, 9.17) is 4.98 Å². The van der Waals surface area contributed by atoms with Gasteiger partial charge in [0.15, 0.2) is 0 Å². The Kier molecular flexibility index (Phi) is 4.56. The van der Waals surface area contributed by atoms with Crippen LogP contribution in [0.3, 0.4) is 0 Å². The first-order valence-electron chi connectivity index (χ1n) is 7.82. The molecule has 2 aliphatic heterocycles. The van der Waals surface area contributed by atoms with Crippen molar-refractivity contribution < 1.29 is 0 Å². The van der Waals surface area contributed by atoms with Crippen LogP contribution in [0, 0.1) is 11.8 Å². The highest BCUT2D eigenvalue weighted by molar-refractivity contribution is 5.44. The summed E-state index contributed by atoms with van der Waals surface area (Å²) in [5.41, 5.74) is 0. The molecule has 3 heterocycles. The second-order valence-electron chi connectivity index (χ2n) is 5.60. The molecule has 1 aromatic heterocycles. The van der Waals surface area contributed by atoms with Crippen molar-refractivity contribution >= 4 is 11.8 Å². The van der Waals surface area contributed by atoms with E-state index in [1.807, 2.05) is 19.2 Å². The third kappa shape index (κ3) is 3.45. The molecular weight excluding hydrogens is 262 g/mol. The Balaban J connectivity index is 1.62. The topological polar surface area (TPSA) is 35.5 Å². The average molecular weight is 285 g/mol. The normalized spacial score (nSPS) is 19.5. The van der Waals surface area contributed by atoms with Crippen LogP contribution < -0.4 is 9.80 Å². The third-order valence-corrected chi connectivity index (χ3v) is 4.19. The summed E-state index contributed by atoms with van der Waals surface area (Å²) in [5.74, 6) is 8.07. The predicted octanol–water partition coefficient (Wildman–Crippen LogP) is 1.22. The predicted molar refractivity (Wildman–Crippen MR) is 85.6 cm³/mol. The average Bonchev–Trinajstić information content (AvgIpc) is 3.08. The Hall–Kier alpha value is -1.80. The minimum absolute atomic E-state index is 0.882. The van der Waals surface area contributed by atoms with E-state index in [1.54, 1.807) is 0 Å². The summed E-state index contributed by atoms with van der Waals surface area (Å²) in [6, 6.07) is 2.03. The van der Waals surface area contributed by atoms with Gasteiger partial charge < -0.3 is 9.80 Å². The van der Waals surface area contributed by atoms with Crippen LogP contribution in [0.2, 0.25) is 0 Å². The zero-order chi connectivity index (χ0) is 14.5. The van der Waals surface area contributed by atoms with Crippen LogP contribution in [0.4, 0.5) is 11.8 Å². The number of rotatable bonds is 3. The van der Waals surface area contributed by atoms with Crippen molar-refractivity contribution in [1.82, 2.24) is 14.9 Å². The van der Waals surface area contributed by atoms with E-state index in [2.05, 4.69) is 31.5 Å². The van der Waals surface area contributed by atoms with Gasteiger partial charge in [0.2, 0.25) is 5.95 Å². The number of nitrogens with zero attached hydrogens (tertiary/aromatic N) is 5. The molecule has 21 heavy (non-hydrogen) atoms. The number of piperazine rings is 1. The first kappa shape index (κ1) is 14.2. The highest BCUT2D eigenvalue weighted by atomic mass is 15.3. The lowest BCUT2D eigenvalue weighted by Gasteiger charge is -2.34. The summed E-state index contributed by atoms with van der Waals surface area (Å²) in [7, 11) is 0. The Morgan fingerprint density at radius 3 is 2.52 bits per heavy atom. The van der Waals surface area contributed by atoms with Crippen LogP contribution in [0.1, 0.15) is 19.8 Å². The smallest absolute Gasteiger partial charge is 0.227 e. The van der Waals surface area contributed by atoms with Gasteiger partial charge in [0, 0.05) is 45.5 Å². The van der Waals surface area contributed by atoms with Gasteiger partial charge in [-0.05, 0) is 25.8 Å². The molecule has 0 spiro atoms. The van der Waals surface area contributed by atoms with Crippen LogP contribution in [0.25, 0.3) is 0 Å². The summed E-state index contributed by atoms with van der Waals surface area (Å²) < 4.78 is 0. The van der Waals surface area contributed by atoms with Crippen molar-refractivity contribution in [2.75, 3.05) is 55.6 Å². The third-order valence-electron chi connectivity index (χ3n) is 4.19. The molecule has 5 heteroatoms. The number of hydrogen-bond donors (Lipinski definition) is 0. The SMILES string of the molecule is CC#CCN1CCN(c2ccnc(N3CCCC3)n2)CC1. The zero-order valence-electron chi connectivity index (χ0n) is 12.8. The molecule has 5 nitrogen and oxygen atoms in total. The lowest BCUT2D eigenvalue weighted by atomic mass is 10.3. The maximum absolute atomic E-state index is 4.76. The second kappa shape index (κ2) is 6.77. The van der Waals surface area contributed by atoms with Crippen LogP contribution in [-0.2, 0) is 0 Å². The molecule has 0 N–H and O–H groups in total. The largest absolute Gasteiger partial charge is 0.354 e. The molecule has 1 aromatic rings. The monoisotopic (exact) mass is 285 g/mol. The van der Waals surface area contributed by atoms with Gasteiger partial charge in [0.05, 0.1) is 6.54 Å². The van der Waals surface area contributed by atoms with Crippen LogP contribution >= 0.6 is 0 Å². The standard InChI is InChI=1S/C16H23N5/c1-2-3-8-19-11-13-20(14-12-19)15-6-7-17-16(18-15)21-9-4-5-10-21/h6-7H,4-5,8-14H2,1H3. The summed E-state index contributed by atoms with van der Waals surface area (Å²) >= 11 is 0. The molecule has 2 saturated heterocycles. The van der Waals surface area contributed by atoms with Crippen LogP contribution in [0.15, 0.2) is 12.3 Å². The fraction of sp³-hybridized carbons (Fsp3) is 0.625. The fourth-order valence-electron chi connectivity index (χ4n) is 2.91. The molecule has 0 unspecified atom stereocenters. The number of hydrogen-bond acceptors (Lipinski definition) is 5. The molecule has 0 aromatic carbocycles. The first-order valence-corrected chi connectivity index (χ1v) is 7.82. The van der Waals surface area contributed by atoms with Crippen molar-refractivity contribution in [2.24, 2.45) is 0 Å². The van der Waals surface area contributed by atoms with Gasteiger partial charge in [-0.1, -0.05) is 5.92 Å². The van der Waals surface area contributed by atoms with Crippen molar-refractivity contribution in [3.63, 3.8) is 0 Å². The summed E-state index contributed by atoms with van der Waals surface area (Å²) in [6.07, 6.45) is 4.40. The van der Waals surface area contributed by atoms with E-state index >= 15 is 0 Å². The highest BCUT2D eigenvalue weighted by Gasteiger charge is 2.20. The van der Waals surface area contributed by atoms with Crippen molar-refractivity contribution in [1.29, 1.82) is 0 Å². The molecular formula is C16H23N5. The maximum Gasteiger partial charge on any atom is 0.227 e. The van der Waals surface area contributed by atoms with Crippen molar-refractivity contribution in [3.05, 3.63) is 12.3 Å². The molecule has 2 fully saturated rings. The first-order chi connectivity index (χ1) is 10.4.